The Balaban J connectivity index is 2.27. The number of rotatable bonds is 2. The molecule has 0 saturated heterocycles. The third kappa shape index (κ3) is 2.43. The van der Waals surface area contributed by atoms with E-state index in [4.69, 9.17) is 11.6 Å². The predicted molar refractivity (Wildman–Crippen MR) is 70.0 cm³/mol. The van der Waals surface area contributed by atoms with Gasteiger partial charge in [-0.1, -0.05) is 23.7 Å². The number of nitrogens with zero attached hydrogens (tertiary/aromatic N) is 1. The van der Waals surface area contributed by atoms with Crippen molar-refractivity contribution in [3.63, 3.8) is 0 Å². The van der Waals surface area contributed by atoms with Crippen molar-refractivity contribution in [2.24, 2.45) is 0 Å². The summed E-state index contributed by atoms with van der Waals surface area (Å²) < 4.78 is 0. The molecular formula is C13H11ClN2O2. The van der Waals surface area contributed by atoms with E-state index in [-0.39, 0.29) is 11.4 Å². The fourth-order valence-corrected chi connectivity index (χ4v) is 1.67. The summed E-state index contributed by atoms with van der Waals surface area (Å²) in [6.07, 6.45) is 1.44. The largest absolute Gasteiger partial charge is 0.505 e. The fourth-order valence-electron chi connectivity index (χ4n) is 1.50. The molecule has 1 aromatic heterocycles. The van der Waals surface area contributed by atoms with Crippen LogP contribution in [0.15, 0.2) is 36.5 Å². The normalized spacial score (nSPS) is 10.1. The van der Waals surface area contributed by atoms with E-state index in [9.17, 15) is 9.90 Å². The lowest BCUT2D eigenvalue weighted by Crippen LogP contribution is -2.14. The smallest absolute Gasteiger partial charge is 0.278 e. The summed E-state index contributed by atoms with van der Waals surface area (Å²) >= 11 is 6.07. The first-order chi connectivity index (χ1) is 8.59. The molecule has 2 rings (SSSR count). The molecule has 2 aromatic rings. The van der Waals surface area contributed by atoms with Gasteiger partial charge >= 0.3 is 0 Å². The Kier molecular flexibility index (Phi) is 3.48. The Bertz CT molecular complexity index is 599. The molecule has 1 heterocycles. The molecule has 18 heavy (non-hydrogen) atoms. The molecule has 0 saturated carbocycles. The zero-order valence-electron chi connectivity index (χ0n) is 9.64. The van der Waals surface area contributed by atoms with Crippen molar-refractivity contribution in [2.45, 2.75) is 6.92 Å². The monoisotopic (exact) mass is 262 g/mol. The summed E-state index contributed by atoms with van der Waals surface area (Å²) in [5, 5.41) is 12.6. The molecule has 5 heteroatoms. The van der Waals surface area contributed by atoms with Gasteiger partial charge in [0.05, 0.1) is 10.7 Å². The third-order valence-electron chi connectivity index (χ3n) is 2.44. The molecule has 0 unspecified atom stereocenters. The number of benzene rings is 1. The molecule has 0 aliphatic rings. The Morgan fingerprint density at radius 1 is 1.33 bits per heavy atom. The van der Waals surface area contributed by atoms with Crippen LogP contribution in [0.2, 0.25) is 5.02 Å². The molecule has 0 bridgehead atoms. The van der Waals surface area contributed by atoms with Crippen LogP contribution >= 0.6 is 11.6 Å². The Hall–Kier alpha value is -2.07. The molecule has 0 radical (unpaired) electrons. The van der Waals surface area contributed by atoms with Crippen LogP contribution in [0.5, 0.6) is 5.75 Å². The van der Waals surface area contributed by atoms with E-state index in [1.54, 1.807) is 18.2 Å². The number of hydrogen-bond donors (Lipinski definition) is 2. The van der Waals surface area contributed by atoms with Crippen molar-refractivity contribution in [3.05, 3.63) is 52.8 Å². The molecule has 1 aromatic carbocycles. The number of aromatic hydroxyl groups is 1. The number of aromatic nitrogens is 1. The lowest BCUT2D eigenvalue weighted by Gasteiger charge is -2.09. The zero-order chi connectivity index (χ0) is 13.1. The number of aryl methyl sites for hydroxylation is 1. The van der Waals surface area contributed by atoms with E-state index in [1.807, 2.05) is 13.0 Å². The number of hydrogen-bond acceptors (Lipinski definition) is 3. The minimum Gasteiger partial charge on any atom is -0.505 e. The summed E-state index contributed by atoms with van der Waals surface area (Å²) in [5.41, 5.74) is 1.32. The Morgan fingerprint density at radius 3 is 2.83 bits per heavy atom. The molecule has 0 spiro atoms. The standard InChI is InChI=1S/C13H11ClN2O2/c1-8-4-2-5-9(11(8)14)16-13(18)12-10(17)6-3-7-15-12/h2-7,17H,1H3,(H,16,18). The molecule has 92 valence electrons. The van der Waals surface area contributed by atoms with Gasteiger partial charge in [0.15, 0.2) is 5.69 Å². The molecule has 1 amide bonds. The maximum Gasteiger partial charge on any atom is 0.278 e. The highest BCUT2D eigenvalue weighted by Crippen LogP contribution is 2.26. The lowest BCUT2D eigenvalue weighted by atomic mass is 10.2. The minimum atomic E-state index is -0.499. The summed E-state index contributed by atoms with van der Waals surface area (Å²) in [7, 11) is 0. The number of carbonyl (C=O) groups excluding carboxylic acids is 1. The predicted octanol–water partition coefficient (Wildman–Crippen LogP) is 3.00. The number of halogens is 1. The SMILES string of the molecule is Cc1cccc(NC(=O)c2ncccc2O)c1Cl. The minimum absolute atomic E-state index is 0.0323. The van der Waals surface area contributed by atoms with Gasteiger partial charge in [-0.15, -0.1) is 0 Å². The highest BCUT2D eigenvalue weighted by Gasteiger charge is 2.14. The van der Waals surface area contributed by atoms with E-state index < -0.39 is 5.91 Å². The van der Waals surface area contributed by atoms with Gasteiger partial charge in [-0.2, -0.15) is 0 Å². The van der Waals surface area contributed by atoms with Crippen LogP contribution in [0.1, 0.15) is 16.1 Å². The third-order valence-corrected chi connectivity index (χ3v) is 2.94. The molecule has 0 aliphatic carbocycles. The van der Waals surface area contributed by atoms with E-state index >= 15 is 0 Å². The van der Waals surface area contributed by atoms with Crippen LogP contribution in [-0.4, -0.2) is 16.0 Å². The molecule has 0 aliphatic heterocycles. The Labute approximate surface area is 109 Å². The van der Waals surface area contributed by atoms with Crippen molar-refractivity contribution in [1.82, 2.24) is 4.98 Å². The first-order valence-corrected chi connectivity index (χ1v) is 5.68. The number of nitrogens with one attached hydrogen (secondary N) is 1. The summed E-state index contributed by atoms with van der Waals surface area (Å²) in [4.78, 5) is 15.7. The quantitative estimate of drug-likeness (QED) is 0.875. The van der Waals surface area contributed by atoms with Crippen molar-refractivity contribution in [1.29, 1.82) is 0 Å². The van der Waals surface area contributed by atoms with Crippen LogP contribution in [0.25, 0.3) is 0 Å². The van der Waals surface area contributed by atoms with Crippen molar-refractivity contribution >= 4 is 23.2 Å². The van der Waals surface area contributed by atoms with Gasteiger partial charge < -0.3 is 10.4 Å². The van der Waals surface area contributed by atoms with Gasteiger partial charge in [-0.3, -0.25) is 4.79 Å². The van der Waals surface area contributed by atoms with Gasteiger partial charge in [0.25, 0.3) is 5.91 Å². The number of anilines is 1. The van der Waals surface area contributed by atoms with Crippen molar-refractivity contribution < 1.29 is 9.90 Å². The van der Waals surface area contributed by atoms with Gasteiger partial charge in [-0.05, 0) is 30.7 Å². The topological polar surface area (TPSA) is 62.2 Å². The van der Waals surface area contributed by atoms with Gasteiger partial charge in [0, 0.05) is 6.20 Å². The van der Waals surface area contributed by atoms with Crippen LogP contribution in [0.3, 0.4) is 0 Å². The summed E-state index contributed by atoms with van der Waals surface area (Å²) in [6.45, 7) is 1.84. The summed E-state index contributed by atoms with van der Waals surface area (Å²) in [6, 6.07) is 8.27. The second-order valence-corrected chi connectivity index (χ2v) is 4.14. The van der Waals surface area contributed by atoms with Gasteiger partial charge in [0.2, 0.25) is 0 Å². The van der Waals surface area contributed by atoms with Crippen LogP contribution < -0.4 is 5.32 Å². The first kappa shape index (κ1) is 12.4. The highest BCUT2D eigenvalue weighted by molar-refractivity contribution is 6.34. The lowest BCUT2D eigenvalue weighted by molar-refractivity contribution is 0.101. The molecule has 0 fully saturated rings. The second-order valence-electron chi connectivity index (χ2n) is 3.76. The number of carbonyl (C=O) groups is 1. The van der Waals surface area contributed by atoms with Crippen molar-refractivity contribution in [3.8, 4) is 5.75 Å². The summed E-state index contributed by atoms with van der Waals surface area (Å²) in [5.74, 6) is -0.667. The second kappa shape index (κ2) is 5.06. The molecule has 0 atom stereocenters. The molecule has 4 nitrogen and oxygen atoms in total. The van der Waals surface area contributed by atoms with Gasteiger partial charge in [-0.25, -0.2) is 4.98 Å². The average molecular weight is 263 g/mol. The fraction of sp³-hybridized carbons (Fsp3) is 0.0769. The van der Waals surface area contributed by atoms with E-state index in [1.165, 1.54) is 12.3 Å². The molecule has 2 N–H and O–H groups in total. The van der Waals surface area contributed by atoms with Crippen LogP contribution in [0, 0.1) is 6.92 Å². The number of pyridine rings is 1. The van der Waals surface area contributed by atoms with Crippen LogP contribution in [-0.2, 0) is 0 Å². The van der Waals surface area contributed by atoms with E-state index in [2.05, 4.69) is 10.3 Å². The van der Waals surface area contributed by atoms with Gasteiger partial charge in [0.1, 0.15) is 5.75 Å². The highest BCUT2D eigenvalue weighted by atomic mass is 35.5. The van der Waals surface area contributed by atoms with Crippen LogP contribution in [0.4, 0.5) is 5.69 Å². The van der Waals surface area contributed by atoms with E-state index in [0.29, 0.717) is 10.7 Å². The van der Waals surface area contributed by atoms with Crippen molar-refractivity contribution in [2.75, 3.05) is 5.32 Å². The maximum atomic E-state index is 11.9. The average Bonchev–Trinajstić information content (AvgIpc) is 2.35. The first-order valence-electron chi connectivity index (χ1n) is 5.30. The Morgan fingerprint density at radius 2 is 2.11 bits per heavy atom. The zero-order valence-corrected chi connectivity index (χ0v) is 10.4. The maximum absolute atomic E-state index is 11.9. The molecular weight excluding hydrogens is 252 g/mol. The number of amides is 1. The van der Waals surface area contributed by atoms with E-state index in [0.717, 1.165) is 5.56 Å².